The summed E-state index contributed by atoms with van der Waals surface area (Å²) in [6.07, 6.45) is 6.09. The van der Waals surface area contributed by atoms with Crippen molar-refractivity contribution in [2.24, 2.45) is 0 Å². The van der Waals surface area contributed by atoms with Crippen molar-refractivity contribution in [1.82, 2.24) is 0 Å². The minimum Gasteiger partial charge on any atom is -0.379 e. The summed E-state index contributed by atoms with van der Waals surface area (Å²) in [4.78, 5) is 9.92. The first kappa shape index (κ1) is 13.5. The van der Waals surface area contributed by atoms with E-state index in [4.69, 9.17) is 0 Å². The maximum atomic E-state index is 13.4. The fourth-order valence-corrected chi connectivity index (χ4v) is 2.21. The van der Waals surface area contributed by atoms with Crippen LogP contribution in [0.3, 0.4) is 0 Å². The van der Waals surface area contributed by atoms with Gasteiger partial charge >= 0.3 is 5.69 Å². The molecule has 102 valence electrons. The summed E-state index contributed by atoms with van der Waals surface area (Å²) in [6, 6.07) is 1.47. The molecule has 0 aliphatic heterocycles. The second kappa shape index (κ2) is 5.77. The highest BCUT2D eigenvalue weighted by Gasteiger charge is 2.21. The van der Waals surface area contributed by atoms with Crippen molar-refractivity contribution in [1.29, 1.82) is 0 Å². The second-order valence-corrected chi connectivity index (χ2v) is 4.47. The van der Waals surface area contributed by atoms with Gasteiger partial charge in [0.15, 0.2) is 0 Å². The lowest BCUT2D eigenvalue weighted by atomic mass is 10.1. The molecule has 1 N–H and O–H groups in total. The number of benzene rings is 1. The van der Waals surface area contributed by atoms with Crippen LogP contribution in [-0.2, 0) is 0 Å². The lowest BCUT2D eigenvalue weighted by molar-refractivity contribution is -0.386. The molecule has 4 nitrogen and oxygen atoms in total. The molecular weight excluding hydrogens is 254 g/mol. The van der Waals surface area contributed by atoms with Crippen LogP contribution in [0.15, 0.2) is 23.8 Å². The van der Waals surface area contributed by atoms with Gasteiger partial charge in [-0.15, -0.1) is 0 Å². The minimum absolute atomic E-state index is 0.110. The Balaban J connectivity index is 2.08. The van der Waals surface area contributed by atoms with E-state index in [1.165, 1.54) is 5.57 Å². The Morgan fingerprint density at radius 1 is 1.37 bits per heavy atom. The van der Waals surface area contributed by atoms with Gasteiger partial charge in [-0.25, -0.2) is 4.39 Å². The standard InChI is InChI=1S/C13H14F2N2O2/c14-10-7-11(15)13(17(18)19)12(8-10)16-6-5-9-3-1-2-4-9/h3,7-8,16H,1-2,4-6H2. The number of nitro benzene ring substituents is 1. The van der Waals surface area contributed by atoms with Gasteiger partial charge < -0.3 is 5.32 Å². The lowest BCUT2D eigenvalue weighted by Gasteiger charge is -2.08. The van der Waals surface area contributed by atoms with Crippen LogP contribution in [0.1, 0.15) is 25.7 Å². The number of anilines is 1. The van der Waals surface area contributed by atoms with Gasteiger partial charge in [0.2, 0.25) is 5.82 Å². The molecule has 0 aromatic heterocycles. The van der Waals surface area contributed by atoms with Gasteiger partial charge in [-0.3, -0.25) is 10.1 Å². The van der Waals surface area contributed by atoms with Gasteiger partial charge in [-0.2, -0.15) is 4.39 Å². The maximum Gasteiger partial charge on any atom is 0.327 e. The van der Waals surface area contributed by atoms with E-state index in [0.717, 1.165) is 31.7 Å². The normalized spacial score (nSPS) is 14.3. The van der Waals surface area contributed by atoms with Crippen molar-refractivity contribution in [2.75, 3.05) is 11.9 Å². The molecule has 19 heavy (non-hydrogen) atoms. The summed E-state index contributed by atoms with van der Waals surface area (Å²) in [6.45, 7) is 0.426. The summed E-state index contributed by atoms with van der Waals surface area (Å²) >= 11 is 0. The number of halogens is 2. The van der Waals surface area contributed by atoms with Gasteiger partial charge in [0.05, 0.1) is 4.92 Å². The molecule has 0 atom stereocenters. The number of rotatable bonds is 5. The Morgan fingerprint density at radius 2 is 2.16 bits per heavy atom. The number of allylic oxidation sites excluding steroid dienone is 1. The van der Waals surface area contributed by atoms with Gasteiger partial charge in [0.1, 0.15) is 11.5 Å². The van der Waals surface area contributed by atoms with Crippen molar-refractivity contribution < 1.29 is 13.7 Å². The molecule has 0 amide bonds. The molecular formula is C13H14F2N2O2. The molecule has 0 bridgehead atoms. The van der Waals surface area contributed by atoms with E-state index < -0.39 is 22.2 Å². The number of hydrogen-bond acceptors (Lipinski definition) is 3. The van der Waals surface area contributed by atoms with Crippen LogP contribution in [-0.4, -0.2) is 11.5 Å². The highest BCUT2D eigenvalue weighted by Crippen LogP contribution is 2.29. The van der Waals surface area contributed by atoms with Crippen molar-refractivity contribution in [2.45, 2.75) is 25.7 Å². The van der Waals surface area contributed by atoms with Crippen LogP contribution in [0.5, 0.6) is 0 Å². The Morgan fingerprint density at radius 3 is 2.79 bits per heavy atom. The predicted octanol–water partition coefficient (Wildman–Crippen LogP) is 3.79. The monoisotopic (exact) mass is 268 g/mol. The molecule has 0 fully saturated rings. The van der Waals surface area contributed by atoms with E-state index in [1.54, 1.807) is 0 Å². The van der Waals surface area contributed by atoms with Crippen LogP contribution in [0.2, 0.25) is 0 Å². The Labute approximate surface area is 109 Å². The topological polar surface area (TPSA) is 55.2 Å². The van der Waals surface area contributed by atoms with Gasteiger partial charge in [0, 0.05) is 18.7 Å². The lowest BCUT2D eigenvalue weighted by Crippen LogP contribution is -2.07. The zero-order valence-corrected chi connectivity index (χ0v) is 10.3. The molecule has 1 aromatic carbocycles. The van der Waals surface area contributed by atoms with Crippen molar-refractivity contribution >= 4 is 11.4 Å². The Bertz CT molecular complexity index is 530. The smallest absolute Gasteiger partial charge is 0.327 e. The largest absolute Gasteiger partial charge is 0.379 e. The number of nitrogens with zero attached hydrogens (tertiary/aromatic N) is 1. The predicted molar refractivity (Wildman–Crippen MR) is 68.1 cm³/mol. The first-order valence-electron chi connectivity index (χ1n) is 6.13. The van der Waals surface area contributed by atoms with Crippen molar-refractivity contribution in [3.63, 3.8) is 0 Å². The van der Waals surface area contributed by atoms with Crippen LogP contribution < -0.4 is 5.32 Å². The fraction of sp³-hybridized carbons (Fsp3) is 0.385. The highest BCUT2D eigenvalue weighted by molar-refractivity contribution is 5.62. The SMILES string of the molecule is O=[N+]([O-])c1c(F)cc(F)cc1NCCC1=CCCC1. The molecule has 2 rings (SSSR count). The third-order valence-corrected chi connectivity index (χ3v) is 3.11. The van der Waals surface area contributed by atoms with Crippen LogP contribution >= 0.6 is 0 Å². The molecule has 1 aromatic rings. The molecule has 0 heterocycles. The number of nitrogens with one attached hydrogen (secondary N) is 1. The molecule has 0 radical (unpaired) electrons. The molecule has 1 aliphatic rings. The molecule has 0 spiro atoms. The van der Waals surface area contributed by atoms with Crippen LogP contribution in [0.4, 0.5) is 20.2 Å². The quantitative estimate of drug-likeness (QED) is 0.502. The maximum absolute atomic E-state index is 13.4. The first-order chi connectivity index (χ1) is 9.08. The van der Waals surface area contributed by atoms with Gasteiger partial charge in [-0.05, 0) is 25.7 Å². The van der Waals surface area contributed by atoms with Crippen LogP contribution in [0, 0.1) is 21.7 Å². The first-order valence-corrected chi connectivity index (χ1v) is 6.13. The summed E-state index contributed by atoms with van der Waals surface area (Å²) in [7, 11) is 0. The van der Waals surface area contributed by atoms with Crippen molar-refractivity contribution in [3.8, 4) is 0 Å². The van der Waals surface area contributed by atoms with E-state index >= 15 is 0 Å². The molecule has 0 unspecified atom stereocenters. The zero-order valence-electron chi connectivity index (χ0n) is 10.3. The average Bonchev–Trinajstić information content (AvgIpc) is 2.80. The Kier molecular flexibility index (Phi) is 4.09. The molecule has 0 saturated carbocycles. The average molecular weight is 268 g/mol. The molecule has 1 aliphatic carbocycles. The zero-order chi connectivity index (χ0) is 13.8. The van der Waals surface area contributed by atoms with Crippen LogP contribution in [0.25, 0.3) is 0 Å². The minimum atomic E-state index is -1.16. The van der Waals surface area contributed by atoms with E-state index in [2.05, 4.69) is 11.4 Å². The van der Waals surface area contributed by atoms with E-state index in [0.29, 0.717) is 12.6 Å². The van der Waals surface area contributed by atoms with Gasteiger partial charge in [-0.1, -0.05) is 11.6 Å². The summed E-state index contributed by atoms with van der Waals surface area (Å²) < 4.78 is 26.4. The fourth-order valence-electron chi connectivity index (χ4n) is 2.21. The number of nitro groups is 1. The highest BCUT2D eigenvalue weighted by atomic mass is 19.1. The molecule has 0 saturated heterocycles. The van der Waals surface area contributed by atoms with E-state index in [-0.39, 0.29) is 5.69 Å². The molecule has 6 heteroatoms. The van der Waals surface area contributed by atoms with Crippen molar-refractivity contribution in [3.05, 3.63) is 45.5 Å². The summed E-state index contributed by atoms with van der Waals surface area (Å²) in [5, 5.41) is 13.5. The summed E-state index contributed by atoms with van der Waals surface area (Å²) in [5.41, 5.74) is 0.468. The Hall–Kier alpha value is -1.98. The van der Waals surface area contributed by atoms with E-state index in [9.17, 15) is 18.9 Å². The van der Waals surface area contributed by atoms with E-state index in [1.807, 2.05) is 0 Å². The summed E-state index contributed by atoms with van der Waals surface area (Å²) in [5.74, 6) is -1.99. The third kappa shape index (κ3) is 3.27. The van der Waals surface area contributed by atoms with Gasteiger partial charge in [0.25, 0.3) is 0 Å². The number of hydrogen-bond donors (Lipinski definition) is 1. The third-order valence-electron chi connectivity index (χ3n) is 3.11. The second-order valence-electron chi connectivity index (χ2n) is 4.47.